The van der Waals surface area contributed by atoms with E-state index in [1.165, 1.54) is 5.56 Å². The molecular formula is C14H18BrN3O. The van der Waals surface area contributed by atoms with Crippen LogP contribution in [0.2, 0.25) is 0 Å². The average molecular weight is 324 g/mol. The summed E-state index contributed by atoms with van der Waals surface area (Å²) in [7, 11) is 3.59. The third-order valence-corrected chi connectivity index (χ3v) is 4.34. The Morgan fingerprint density at radius 2 is 2.00 bits per heavy atom. The Bertz CT molecular complexity index is 620. The summed E-state index contributed by atoms with van der Waals surface area (Å²) < 4.78 is 8.12. The molecule has 1 heterocycles. The van der Waals surface area contributed by atoms with E-state index in [2.05, 4.69) is 34.9 Å². The quantitative estimate of drug-likeness (QED) is 0.944. The first kappa shape index (κ1) is 14.1. The molecule has 2 N–H and O–H groups in total. The van der Waals surface area contributed by atoms with Crippen molar-refractivity contribution in [2.24, 2.45) is 12.8 Å². The van der Waals surface area contributed by atoms with E-state index in [0.717, 1.165) is 32.7 Å². The first-order valence-corrected chi connectivity index (χ1v) is 6.86. The minimum absolute atomic E-state index is 0.457. The fraction of sp³-hybridized carbons (Fsp3) is 0.357. The summed E-state index contributed by atoms with van der Waals surface area (Å²) in [5.41, 5.74) is 11.1. The van der Waals surface area contributed by atoms with Gasteiger partial charge in [-0.05, 0) is 53.0 Å². The molecule has 19 heavy (non-hydrogen) atoms. The van der Waals surface area contributed by atoms with Crippen LogP contribution in [0.1, 0.15) is 16.8 Å². The Hall–Kier alpha value is -1.33. The van der Waals surface area contributed by atoms with Crippen LogP contribution in [0, 0.1) is 13.8 Å². The van der Waals surface area contributed by atoms with Crippen LogP contribution in [-0.4, -0.2) is 16.9 Å². The number of ether oxygens (including phenoxy) is 1. The summed E-state index contributed by atoms with van der Waals surface area (Å²) in [5.74, 6) is 0.896. The number of aromatic nitrogens is 2. The molecule has 5 heteroatoms. The predicted octanol–water partition coefficient (Wildman–Crippen LogP) is 2.93. The molecule has 0 spiro atoms. The number of benzene rings is 1. The maximum absolute atomic E-state index is 5.75. The average Bonchev–Trinajstić information content (AvgIpc) is 2.67. The summed E-state index contributed by atoms with van der Waals surface area (Å²) in [6, 6.07) is 4.01. The van der Waals surface area contributed by atoms with E-state index in [9.17, 15) is 0 Å². The number of nitrogens with zero attached hydrogens (tertiary/aromatic N) is 2. The van der Waals surface area contributed by atoms with Crippen LogP contribution in [0.25, 0.3) is 11.3 Å². The van der Waals surface area contributed by atoms with Crippen LogP contribution in [0.4, 0.5) is 0 Å². The van der Waals surface area contributed by atoms with Gasteiger partial charge >= 0.3 is 0 Å². The zero-order valence-electron chi connectivity index (χ0n) is 11.6. The van der Waals surface area contributed by atoms with Gasteiger partial charge in [-0.3, -0.25) is 4.68 Å². The highest BCUT2D eigenvalue weighted by Gasteiger charge is 2.17. The van der Waals surface area contributed by atoms with Crippen molar-refractivity contribution in [1.82, 2.24) is 9.78 Å². The second-order valence-electron chi connectivity index (χ2n) is 4.50. The Kier molecular flexibility index (Phi) is 3.96. The van der Waals surface area contributed by atoms with Gasteiger partial charge in [0.1, 0.15) is 11.4 Å². The van der Waals surface area contributed by atoms with Gasteiger partial charge in [0.15, 0.2) is 0 Å². The van der Waals surface area contributed by atoms with Crippen molar-refractivity contribution < 1.29 is 4.74 Å². The highest BCUT2D eigenvalue weighted by molar-refractivity contribution is 9.10. The molecule has 2 aromatic rings. The van der Waals surface area contributed by atoms with Crippen molar-refractivity contribution in [2.45, 2.75) is 20.4 Å². The van der Waals surface area contributed by atoms with Crippen molar-refractivity contribution >= 4 is 15.9 Å². The maximum Gasteiger partial charge on any atom is 0.122 e. The third kappa shape index (κ3) is 2.28. The molecule has 102 valence electrons. The van der Waals surface area contributed by atoms with Crippen molar-refractivity contribution in [3.63, 3.8) is 0 Å². The summed E-state index contributed by atoms with van der Waals surface area (Å²) in [4.78, 5) is 0. The maximum atomic E-state index is 5.75. The number of hydrogen-bond acceptors (Lipinski definition) is 3. The molecule has 1 aromatic heterocycles. The first-order chi connectivity index (χ1) is 9.01. The largest absolute Gasteiger partial charge is 0.496 e. The number of aryl methyl sites for hydroxylation is 1. The first-order valence-electron chi connectivity index (χ1n) is 6.07. The van der Waals surface area contributed by atoms with Crippen molar-refractivity contribution in [3.05, 3.63) is 33.4 Å². The second-order valence-corrected chi connectivity index (χ2v) is 5.30. The van der Waals surface area contributed by atoms with E-state index in [4.69, 9.17) is 10.5 Å². The number of halogens is 1. The number of nitrogens with two attached hydrogens (primary N) is 1. The van der Waals surface area contributed by atoms with Crippen molar-refractivity contribution in [1.29, 1.82) is 0 Å². The minimum Gasteiger partial charge on any atom is -0.496 e. The molecule has 0 unspecified atom stereocenters. The zero-order valence-corrected chi connectivity index (χ0v) is 13.2. The van der Waals surface area contributed by atoms with Gasteiger partial charge in [0, 0.05) is 19.2 Å². The molecule has 0 saturated carbocycles. The zero-order chi connectivity index (χ0) is 14.2. The van der Waals surface area contributed by atoms with E-state index in [0.29, 0.717) is 6.54 Å². The topological polar surface area (TPSA) is 53.1 Å². The number of hydrogen-bond donors (Lipinski definition) is 1. The van der Waals surface area contributed by atoms with Crippen molar-refractivity contribution in [2.75, 3.05) is 7.11 Å². The highest BCUT2D eigenvalue weighted by atomic mass is 79.9. The van der Waals surface area contributed by atoms with Crippen LogP contribution < -0.4 is 10.5 Å². The van der Waals surface area contributed by atoms with Gasteiger partial charge in [-0.15, -0.1) is 0 Å². The summed E-state index contributed by atoms with van der Waals surface area (Å²) in [6.45, 7) is 4.59. The molecule has 2 rings (SSSR count). The minimum atomic E-state index is 0.457. The molecule has 0 radical (unpaired) electrons. The lowest BCUT2D eigenvalue weighted by atomic mass is 10.00. The molecule has 4 nitrogen and oxygen atoms in total. The summed E-state index contributed by atoms with van der Waals surface area (Å²) >= 11 is 3.60. The SMILES string of the molecule is COc1ccc(-c2nn(C)c(CN)c2Br)c(C)c1C. The van der Waals surface area contributed by atoms with E-state index in [-0.39, 0.29) is 0 Å². The monoisotopic (exact) mass is 323 g/mol. The Morgan fingerprint density at radius 1 is 1.32 bits per heavy atom. The van der Waals surface area contributed by atoms with Gasteiger partial charge in [0.2, 0.25) is 0 Å². The molecule has 0 fully saturated rings. The van der Waals surface area contributed by atoms with Gasteiger partial charge in [0.05, 0.1) is 17.3 Å². The lowest BCUT2D eigenvalue weighted by Crippen LogP contribution is -2.04. The number of methoxy groups -OCH3 is 1. The van der Waals surface area contributed by atoms with Crippen LogP contribution >= 0.6 is 15.9 Å². The van der Waals surface area contributed by atoms with Crippen LogP contribution in [0.3, 0.4) is 0 Å². The summed E-state index contributed by atoms with van der Waals surface area (Å²) in [5, 5.41) is 4.56. The Labute approximate surface area is 121 Å². The van der Waals surface area contributed by atoms with Gasteiger partial charge in [-0.25, -0.2) is 0 Å². The Morgan fingerprint density at radius 3 is 2.53 bits per heavy atom. The van der Waals surface area contributed by atoms with E-state index >= 15 is 0 Å². The Balaban J connectivity index is 2.63. The second kappa shape index (κ2) is 5.35. The van der Waals surface area contributed by atoms with Crippen LogP contribution in [0.15, 0.2) is 16.6 Å². The highest BCUT2D eigenvalue weighted by Crippen LogP contribution is 2.35. The fourth-order valence-electron chi connectivity index (χ4n) is 2.20. The van der Waals surface area contributed by atoms with E-state index < -0.39 is 0 Å². The van der Waals surface area contributed by atoms with E-state index in [1.807, 2.05) is 23.9 Å². The van der Waals surface area contributed by atoms with Gasteiger partial charge in [-0.1, -0.05) is 0 Å². The lowest BCUT2D eigenvalue weighted by Gasteiger charge is -2.11. The molecular weight excluding hydrogens is 306 g/mol. The molecule has 0 aliphatic rings. The molecule has 0 aliphatic carbocycles. The van der Waals surface area contributed by atoms with E-state index in [1.54, 1.807) is 7.11 Å². The van der Waals surface area contributed by atoms with Gasteiger partial charge in [-0.2, -0.15) is 5.10 Å². The van der Waals surface area contributed by atoms with Gasteiger partial charge < -0.3 is 10.5 Å². The lowest BCUT2D eigenvalue weighted by molar-refractivity contribution is 0.411. The summed E-state index contributed by atoms with van der Waals surface area (Å²) in [6.07, 6.45) is 0. The number of rotatable bonds is 3. The van der Waals surface area contributed by atoms with Gasteiger partial charge in [0.25, 0.3) is 0 Å². The molecule has 0 saturated heterocycles. The smallest absolute Gasteiger partial charge is 0.122 e. The normalized spacial score (nSPS) is 10.8. The third-order valence-electron chi connectivity index (χ3n) is 3.51. The van der Waals surface area contributed by atoms with Crippen LogP contribution in [-0.2, 0) is 13.6 Å². The fourth-order valence-corrected chi connectivity index (χ4v) is 2.91. The standard InChI is InChI=1S/C14H18BrN3O/c1-8-9(2)12(19-4)6-5-10(8)14-13(15)11(7-16)18(3)17-14/h5-6H,7,16H2,1-4H3. The van der Waals surface area contributed by atoms with Crippen LogP contribution in [0.5, 0.6) is 5.75 Å². The molecule has 0 atom stereocenters. The molecule has 0 aliphatic heterocycles. The molecule has 0 amide bonds. The molecule has 0 bridgehead atoms. The predicted molar refractivity (Wildman–Crippen MR) is 80.3 cm³/mol. The molecule has 1 aromatic carbocycles. The van der Waals surface area contributed by atoms with Crippen molar-refractivity contribution in [3.8, 4) is 17.0 Å².